The van der Waals surface area contributed by atoms with E-state index in [1.165, 1.54) is 0 Å². The number of imidazole rings is 1. The van der Waals surface area contributed by atoms with Gasteiger partial charge in [-0.1, -0.05) is 6.92 Å². The van der Waals surface area contributed by atoms with E-state index in [1.807, 2.05) is 30.4 Å². The minimum Gasteiger partial charge on any atom is -0.296 e. The van der Waals surface area contributed by atoms with Crippen molar-refractivity contribution in [3.8, 4) is 0 Å². The number of aryl methyl sites for hydroxylation is 2. The van der Waals surface area contributed by atoms with E-state index in [-0.39, 0.29) is 0 Å². The van der Waals surface area contributed by atoms with Crippen LogP contribution in [0.15, 0.2) is 16.6 Å². The third-order valence-electron chi connectivity index (χ3n) is 2.52. The van der Waals surface area contributed by atoms with Crippen LogP contribution in [0.25, 0.3) is 5.65 Å². The summed E-state index contributed by atoms with van der Waals surface area (Å²) in [6.45, 7) is 3.96. The Bertz CT molecular complexity index is 531. The van der Waals surface area contributed by atoms with E-state index in [2.05, 4.69) is 20.9 Å². The van der Waals surface area contributed by atoms with Gasteiger partial charge in [0.1, 0.15) is 11.3 Å². The van der Waals surface area contributed by atoms with Gasteiger partial charge in [-0.15, -0.1) is 0 Å². The van der Waals surface area contributed by atoms with Crippen molar-refractivity contribution < 1.29 is 4.79 Å². The summed E-state index contributed by atoms with van der Waals surface area (Å²) in [5.41, 5.74) is 3.34. The molecule has 0 spiro atoms. The lowest BCUT2D eigenvalue weighted by molar-refractivity contribution is 0.111. The Hall–Kier alpha value is -1.16. The molecule has 0 aromatic carbocycles. The van der Waals surface area contributed by atoms with E-state index >= 15 is 0 Å². The lowest BCUT2D eigenvalue weighted by atomic mass is 10.3. The van der Waals surface area contributed by atoms with Crippen LogP contribution in [-0.2, 0) is 6.42 Å². The monoisotopic (exact) mass is 266 g/mol. The van der Waals surface area contributed by atoms with Gasteiger partial charge in [0.05, 0.1) is 5.69 Å². The molecule has 0 aliphatic rings. The van der Waals surface area contributed by atoms with Gasteiger partial charge >= 0.3 is 0 Å². The quantitative estimate of drug-likeness (QED) is 0.784. The van der Waals surface area contributed by atoms with Crippen LogP contribution in [0, 0.1) is 6.92 Å². The molecular weight excluding hydrogens is 256 g/mol. The lowest BCUT2D eigenvalue weighted by Crippen LogP contribution is -1.98. The van der Waals surface area contributed by atoms with Crippen molar-refractivity contribution >= 4 is 27.9 Å². The zero-order valence-corrected chi connectivity index (χ0v) is 10.2. The standard InChI is InChI=1S/C11H11BrN2O/c1-3-9-10(6-15)14-7(2)8(12)4-5-11(14)13-9/h4-6H,3H2,1-2H3. The average Bonchev–Trinajstić information content (AvgIpc) is 2.61. The predicted octanol–water partition coefficient (Wildman–Crippen LogP) is 2.78. The average molecular weight is 267 g/mol. The number of aromatic nitrogens is 2. The Morgan fingerprint density at radius 2 is 2.27 bits per heavy atom. The zero-order chi connectivity index (χ0) is 11.0. The first-order chi connectivity index (χ1) is 7.19. The molecular formula is C11H11BrN2O. The van der Waals surface area contributed by atoms with Gasteiger partial charge in [-0.3, -0.25) is 9.20 Å². The third-order valence-corrected chi connectivity index (χ3v) is 3.36. The summed E-state index contributed by atoms with van der Waals surface area (Å²) < 4.78 is 2.87. The van der Waals surface area contributed by atoms with Gasteiger partial charge in [-0.2, -0.15) is 0 Å². The van der Waals surface area contributed by atoms with E-state index in [1.54, 1.807) is 0 Å². The van der Waals surface area contributed by atoms with Crippen LogP contribution >= 0.6 is 15.9 Å². The first kappa shape index (κ1) is 10.4. The van der Waals surface area contributed by atoms with E-state index in [9.17, 15) is 4.79 Å². The number of hydrogen-bond donors (Lipinski definition) is 0. The third kappa shape index (κ3) is 1.49. The topological polar surface area (TPSA) is 34.4 Å². The number of nitrogens with zero attached hydrogens (tertiary/aromatic N) is 2. The fraction of sp³-hybridized carbons (Fsp3) is 0.273. The molecule has 0 fully saturated rings. The van der Waals surface area contributed by atoms with Gasteiger partial charge in [0.15, 0.2) is 6.29 Å². The van der Waals surface area contributed by atoms with Gasteiger partial charge in [0.2, 0.25) is 0 Å². The molecule has 0 atom stereocenters. The predicted molar refractivity (Wildman–Crippen MR) is 62.4 cm³/mol. The Kier molecular flexibility index (Phi) is 2.61. The molecule has 0 amide bonds. The largest absolute Gasteiger partial charge is 0.296 e. The van der Waals surface area contributed by atoms with Crippen molar-refractivity contribution in [2.75, 3.05) is 0 Å². The lowest BCUT2D eigenvalue weighted by Gasteiger charge is -2.03. The van der Waals surface area contributed by atoms with Gasteiger partial charge in [-0.25, -0.2) is 4.98 Å². The molecule has 0 N–H and O–H groups in total. The van der Waals surface area contributed by atoms with Crippen LogP contribution in [0.5, 0.6) is 0 Å². The maximum atomic E-state index is 11.0. The van der Waals surface area contributed by atoms with Gasteiger partial charge in [0, 0.05) is 10.2 Å². The van der Waals surface area contributed by atoms with Crippen LogP contribution in [0.4, 0.5) is 0 Å². The van der Waals surface area contributed by atoms with E-state index in [0.29, 0.717) is 5.69 Å². The Morgan fingerprint density at radius 3 is 2.87 bits per heavy atom. The Morgan fingerprint density at radius 1 is 1.53 bits per heavy atom. The van der Waals surface area contributed by atoms with Crippen molar-refractivity contribution in [2.45, 2.75) is 20.3 Å². The molecule has 0 aliphatic heterocycles. The fourth-order valence-corrected chi connectivity index (χ4v) is 2.03. The molecule has 15 heavy (non-hydrogen) atoms. The Balaban J connectivity index is 2.91. The van der Waals surface area contributed by atoms with Gasteiger partial charge in [-0.05, 0) is 41.4 Å². The van der Waals surface area contributed by atoms with Crippen LogP contribution in [0.2, 0.25) is 0 Å². The molecule has 4 heteroatoms. The smallest absolute Gasteiger partial charge is 0.168 e. The molecule has 0 saturated heterocycles. The highest BCUT2D eigenvalue weighted by Crippen LogP contribution is 2.21. The normalized spacial score (nSPS) is 10.9. The van der Waals surface area contributed by atoms with Crippen molar-refractivity contribution in [2.24, 2.45) is 0 Å². The van der Waals surface area contributed by atoms with Gasteiger partial charge < -0.3 is 0 Å². The molecule has 0 radical (unpaired) electrons. The summed E-state index contributed by atoms with van der Waals surface area (Å²) in [6, 6.07) is 3.86. The van der Waals surface area contributed by atoms with Crippen molar-refractivity contribution in [3.63, 3.8) is 0 Å². The first-order valence-electron chi connectivity index (χ1n) is 4.80. The second-order valence-corrected chi connectivity index (χ2v) is 4.23. The molecule has 0 aliphatic carbocycles. The summed E-state index contributed by atoms with van der Waals surface area (Å²) in [6.07, 6.45) is 1.64. The molecule has 0 unspecified atom stereocenters. The number of carbonyl (C=O) groups excluding carboxylic acids is 1. The molecule has 2 rings (SSSR count). The molecule has 0 bridgehead atoms. The van der Waals surface area contributed by atoms with Crippen molar-refractivity contribution in [3.05, 3.63) is 33.7 Å². The summed E-state index contributed by atoms with van der Waals surface area (Å²) in [5.74, 6) is 0. The van der Waals surface area contributed by atoms with Crippen molar-refractivity contribution in [1.82, 2.24) is 9.38 Å². The number of aldehydes is 1. The number of rotatable bonds is 2. The molecule has 2 heterocycles. The van der Waals surface area contributed by atoms with E-state index < -0.39 is 0 Å². The number of carbonyl (C=O) groups is 1. The van der Waals surface area contributed by atoms with E-state index in [4.69, 9.17) is 0 Å². The number of fused-ring (bicyclic) bond motifs is 1. The molecule has 0 saturated carbocycles. The second kappa shape index (κ2) is 3.77. The second-order valence-electron chi connectivity index (χ2n) is 3.38. The molecule has 2 aromatic heterocycles. The highest BCUT2D eigenvalue weighted by Gasteiger charge is 2.12. The highest BCUT2D eigenvalue weighted by molar-refractivity contribution is 9.10. The Labute approximate surface area is 96.3 Å². The van der Waals surface area contributed by atoms with Gasteiger partial charge in [0.25, 0.3) is 0 Å². The molecule has 78 valence electrons. The molecule has 3 nitrogen and oxygen atoms in total. The SMILES string of the molecule is CCc1nc2ccc(Br)c(C)n2c1C=O. The van der Waals surface area contributed by atoms with Crippen LogP contribution < -0.4 is 0 Å². The van der Waals surface area contributed by atoms with Crippen LogP contribution in [0.3, 0.4) is 0 Å². The summed E-state index contributed by atoms with van der Waals surface area (Å²) in [4.78, 5) is 15.5. The number of halogens is 1. The number of pyridine rings is 1. The highest BCUT2D eigenvalue weighted by atomic mass is 79.9. The zero-order valence-electron chi connectivity index (χ0n) is 8.62. The first-order valence-corrected chi connectivity index (χ1v) is 5.60. The maximum Gasteiger partial charge on any atom is 0.168 e. The summed E-state index contributed by atoms with van der Waals surface area (Å²) in [7, 11) is 0. The minimum atomic E-state index is 0.659. The van der Waals surface area contributed by atoms with E-state index in [0.717, 1.165) is 34.2 Å². The summed E-state index contributed by atoms with van der Waals surface area (Å²) >= 11 is 3.45. The van der Waals surface area contributed by atoms with Crippen molar-refractivity contribution in [1.29, 1.82) is 0 Å². The molecule has 2 aromatic rings. The summed E-state index contributed by atoms with van der Waals surface area (Å²) in [5, 5.41) is 0. The maximum absolute atomic E-state index is 11.0. The minimum absolute atomic E-state index is 0.659. The fourth-order valence-electron chi connectivity index (χ4n) is 1.72. The van der Waals surface area contributed by atoms with Crippen LogP contribution in [0.1, 0.15) is 28.8 Å². The van der Waals surface area contributed by atoms with Crippen LogP contribution in [-0.4, -0.2) is 15.7 Å². The number of hydrogen-bond acceptors (Lipinski definition) is 2.